The first-order chi connectivity index (χ1) is 21.9. The fourth-order valence-electron chi connectivity index (χ4n) is 4.88. The Morgan fingerprint density at radius 2 is 1.43 bits per heavy atom. The Morgan fingerprint density at radius 1 is 0.804 bits per heavy atom. The molecule has 4 aromatic rings. The molecule has 2 amide bonds. The van der Waals surface area contributed by atoms with Crippen molar-refractivity contribution in [2.24, 2.45) is 0 Å². The molecule has 11 heteroatoms. The Hall–Kier alpha value is -3.56. The first-order valence-electron chi connectivity index (χ1n) is 14.8. The molecule has 2 atom stereocenters. The van der Waals surface area contributed by atoms with Crippen LogP contribution in [0.2, 0.25) is 15.1 Å². The third-order valence-electron chi connectivity index (χ3n) is 7.54. The number of benzene rings is 4. The molecule has 0 fully saturated rings. The van der Waals surface area contributed by atoms with E-state index in [9.17, 15) is 18.0 Å². The second-order valence-corrected chi connectivity index (χ2v) is 14.3. The van der Waals surface area contributed by atoms with Gasteiger partial charge in [0.15, 0.2) is 0 Å². The van der Waals surface area contributed by atoms with Crippen molar-refractivity contribution in [3.05, 3.63) is 129 Å². The molecule has 242 valence electrons. The zero-order valence-electron chi connectivity index (χ0n) is 25.8. The topological polar surface area (TPSA) is 86.8 Å². The Bertz CT molecular complexity index is 1750. The normalized spacial score (nSPS) is 12.7. The predicted molar refractivity (Wildman–Crippen MR) is 186 cm³/mol. The Balaban J connectivity index is 1.83. The van der Waals surface area contributed by atoms with Crippen LogP contribution in [0.3, 0.4) is 0 Å². The van der Waals surface area contributed by atoms with Crippen molar-refractivity contribution in [1.82, 2.24) is 10.2 Å². The minimum absolute atomic E-state index is 0.000455. The van der Waals surface area contributed by atoms with Gasteiger partial charge in [-0.25, -0.2) is 8.42 Å². The lowest BCUT2D eigenvalue weighted by Crippen LogP contribution is -2.54. The SMILES string of the molecule is CC[C@@H](C)NC(=O)[C@@H](Cc1ccccc1)N(Cc1cccc(Cl)c1)C(=O)CN(c1cc(Cl)cc(Cl)c1)S(=O)(=O)c1ccc(C)cc1. The molecule has 0 aliphatic rings. The summed E-state index contributed by atoms with van der Waals surface area (Å²) in [4.78, 5) is 29.9. The van der Waals surface area contributed by atoms with Crippen molar-refractivity contribution >= 4 is 62.3 Å². The number of halogens is 3. The number of hydrogen-bond acceptors (Lipinski definition) is 4. The summed E-state index contributed by atoms with van der Waals surface area (Å²) in [6.45, 7) is 5.06. The van der Waals surface area contributed by atoms with Crippen LogP contribution in [0, 0.1) is 6.92 Å². The van der Waals surface area contributed by atoms with E-state index in [-0.39, 0.29) is 45.5 Å². The van der Waals surface area contributed by atoms with Crippen LogP contribution in [0.15, 0.2) is 102 Å². The zero-order valence-corrected chi connectivity index (χ0v) is 28.9. The number of carbonyl (C=O) groups is 2. The van der Waals surface area contributed by atoms with Crippen molar-refractivity contribution in [3.63, 3.8) is 0 Å². The summed E-state index contributed by atoms with van der Waals surface area (Å²) >= 11 is 18.9. The van der Waals surface area contributed by atoms with Crippen molar-refractivity contribution in [2.45, 2.75) is 57.1 Å². The summed E-state index contributed by atoms with van der Waals surface area (Å²) in [7, 11) is -4.29. The van der Waals surface area contributed by atoms with Gasteiger partial charge in [-0.2, -0.15) is 0 Å². The standard InChI is InChI=1S/C35H36Cl3N3O4S/c1-4-25(3)39-35(43)33(18-26-9-6-5-7-10-26)40(22-27-11-8-12-28(36)17-27)34(42)23-41(31-20-29(37)19-30(38)21-31)46(44,45)32-15-13-24(2)14-16-32/h5-17,19-21,25,33H,4,18,22-23H2,1-3H3,(H,39,43)/t25-,33-/m1/s1. The van der Waals surface area contributed by atoms with E-state index in [0.29, 0.717) is 17.0 Å². The molecule has 0 saturated carbocycles. The van der Waals surface area contributed by atoms with Crippen LogP contribution in [-0.2, 0) is 32.6 Å². The Morgan fingerprint density at radius 3 is 2.04 bits per heavy atom. The number of anilines is 1. The van der Waals surface area contributed by atoms with Gasteiger partial charge in [0.05, 0.1) is 10.6 Å². The molecular weight excluding hydrogens is 665 g/mol. The summed E-state index contributed by atoms with van der Waals surface area (Å²) in [6.07, 6.45) is 0.882. The van der Waals surface area contributed by atoms with E-state index in [1.807, 2.05) is 51.1 Å². The molecule has 0 unspecified atom stereocenters. The molecular formula is C35H36Cl3N3O4S. The molecule has 0 aromatic heterocycles. The molecule has 0 bridgehead atoms. The van der Waals surface area contributed by atoms with E-state index in [1.165, 1.54) is 35.2 Å². The number of nitrogens with zero attached hydrogens (tertiary/aromatic N) is 2. The highest BCUT2D eigenvalue weighted by Crippen LogP contribution is 2.30. The first kappa shape index (κ1) is 35.3. The van der Waals surface area contributed by atoms with E-state index >= 15 is 0 Å². The fourth-order valence-corrected chi connectivity index (χ4v) is 7.00. The van der Waals surface area contributed by atoms with Gasteiger partial charge < -0.3 is 10.2 Å². The van der Waals surface area contributed by atoms with Gasteiger partial charge in [0.25, 0.3) is 10.0 Å². The highest BCUT2D eigenvalue weighted by molar-refractivity contribution is 7.92. The number of sulfonamides is 1. The van der Waals surface area contributed by atoms with Crippen LogP contribution in [0.1, 0.15) is 37.0 Å². The average Bonchev–Trinajstić information content (AvgIpc) is 3.01. The first-order valence-corrected chi connectivity index (χ1v) is 17.4. The molecule has 0 aliphatic carbocycles. The minimum atomic E-state index is -4.29. The number of carbonyl (C=O) groups excluding carboxylic acids is 2. The quantitative estimate of drug-likeness (QED) is 0.155. The zero-order chi connectivity index (χ0) is 33.4. The van der Waals surface area contributed by atoms with Gasteiger partial charge in [-0.15, -0.1) is 0 Å². The summed E-state index contributed by atoms with van der Waals surface area (Å²) in [5.41, 5.74) is 2.49. The number of nitrogens with one attached hydrogen (secondary N) is 1. The smallest absolute Gasteiger partial charge is 0.264 e. The van der Waals surface area contributed by atoms with Crippen LogP contribution < -0.4 is 9.62 Å². The average molecular weight is 701 g/mol. The van der Waals surface area contributed by atoms with Crippen LogP contribution in [0.4, 0.5) is 5.69 Å². The summed E-state index contributed by atoms with van der Waals surface area (Å²) in [5, 5.41) is 3.88. The maximum Gasteiger partial charge on any atom is 0.264 e. The summed E-state index contributed by atoms with van der Waals surface area (Å²) in [5.74, 6) is -0.959. The Kier molecular flexibility index (Phi) is 12.1. The third kappa shape index (κ3) is 9.26. The number of amides is 2. The lowest BCUT2D eigenvalue weighted by atomic mass is 10.0. The predicted octanol–water partition coefficient (Wildman–Crippen LogP) is 7.71. The second-order valence-electron chi connectivity index (χ2n) is 11.1. The second kappa shape index (κ2) is 15.8. The maximum atomic E-state index is 14.6. The van der Waals surface area contributed by atoms with Crippen molar-refractivity contribution in [2.75, 3.05) is 10.8 Å². The van der Waals surface area contributed by atoms with Crippen molar-refractivity contribution in [3.8, 4) is 0 Å². The highest BCUT2D eigenvalue weighted by Gasteiger charge is 2.35. The molecule has 7 nitrogen and oxygen atoms in total. The van der Waals surface area contributed by atoms with Gasteiger partial charge >= 0.3 is 0 Å². The molecule has 4 aromatic carbocycles. The molecule has 0 spiro atoms. The summed E-state index contributed by atoms with van der Waals surface area (Å²) < 4.78 is 29.3. The lowest BCUT2D eigenvalue weighted by molar-refractivity contribution is -0.140. The third-order valence-corrected chi connectivity index (χ3v) is 10.00. The molecule has 4 rings (SSSR count). The van der Waals surface area contributed by atoms with Crippen LogP contribution in [0.5, 0.6) is 0 Å². The summed E-state index contributed by atoms with van der Waals surface area (Å²) in [6, 6.07) is 25.9. The van der Waals surface area contributed by atoms with Gasteiger partial charge in [0.2, 0.25) is 11.8 Å². The van der Waals surface area contributed by atoms with E-state index in [4.69, 9.17) is 34.8 Å². The van der Waals surface area contributed by atoms with Gasteiger partial charge in [-0.05, 0) is 73.9 Å². The lowest BCUT2D eigenvalue weighted by Gasteiger charge is -2.34. The maximum absolute atomic E-state index is 14.6. The van der Waals surface area contributed by atoms with Crippen LogP contribution in [-0.4, -0.2) is 43.8 Å². The van der Waals surface area contributed by atoms with E-state index < -0.39 is 28.5 Å². The van der Waals surface area contributed by atoms with Crippen molar-refractivity contribution < 1.29 is 18.0 Å². The number of rotatable bonds is 13. The van der Waals surface area contributed by atoms with Gasteiger partial charge in [-0.3, -0.25) is 13.9 Å². The monoisotopic (exact) mass is 699 g/mol. The van der Waals surface area contributed by atoms with Gasteiger partial charge in [0.1, 0.15) is 12.6 Å². The highest BCUT2D eigenvalue weighted by atomic mass is 35.5. The minimum Gasteiger partial charge on any atom is -0.352 e. The van der Waals surface area contributed by atoms with Gasteiger partial charge in [0, 0.05) is 34.1 Å². The van der Waals surface area contributed by atoms with E-state index in [0.717, 1.165) is 15.4 Å². The molecule has 0 heterocycles. The van der Waals surface area contributed by atoms with Crippen molar-refractivity contribution in [1.29, 1.82) is 0 Å². The molecule has 0 radical (unpaired) electrons. The molecule has 1 N–H and O–H groups in total. The molecule has 0 saturated heterocycles. The van der Waals surface area contributed by atoms with Gasteiger partial charge in [-0.1, -0.05) is 102 Å². The fraction of sp³-hybridized carbons (Fsp3) is 0.257. The van der Waals surface area contributed by atoms with Crippen LogP contribution in [0.25, 0.3) is 0 Å². The Labute approximate surface area is 286 Å². The van der Waals surface area contributed by atoms with E-state index in [1.54, 1.807) is 36.4 Å². The molecule has 0 aliphatic heterocycles. The van der Waals surface area contributed by atoms with Crippen LogP contribution >= 0.6 is 34.8 Å². The number of hydrogen-bond donors (Lipinski definition) is 1. The molecule has 46 heavy (non-hydrogen) atoms. The van der Waals surface area contributed by atoms with E-state index in [2.05, 4.69) is 5.32 Å². The largest absolute Gasteiger partial charge is 0.352 e. The number of aryl methyl sites for hydroxylation is 1.